The van der Waals surface area contributed by atoms with Gasteiger partial charge in [-0.05, 0) is 48.5 Å². The van der Waals surface area contributed by atoms with E-state index >= 15 is 0 Å². The van der Waals surface area contributed by atoms with Gasteiger partial charge in [-0.25, -0.2) is 14.5 Å². The Labute approximate surface area is 193 Å². The van der Waals surface area contributed by atoms with E-state index in [1.165, 1.54) is 17.9 Å². The number of fused-ring (bicyclic) bond motifs is 1. The first-order valence-electron chi connectivity index (χ1n) is 10.1. The molecule has 8 heteroatoms. The Hall–Kier alpha value is -4.23. The lowest BCUT2D eigenvalue weighted by Crippen LogP contribution is -2.22. The number of carbonyl (C=O) groups excluding carboxylic acids is 1. The molecule has 0 unspecified atom stereocenters. The number of hydrogen-bond acceptors (Lipinski definition) is 5. The van der Waals surface area contributed by atoms with Gasteiger partial charge in [0, 0.05) is 10.6 Å². The molecule has 0 radical (unpaired) electrons. The lowest BCUT2D eigenvalue weighted by atomic mass is 10.1. The molecule has 2 aromatic heterocycles. The highest BCUT2D eigenvalue weighted by Gasteiger charge is 2.19. The van der Waals surface area contributed by atoms with E-state index < -0.39 is 5.97 Å². The van der Waals surface area contributed by atoms with Gasteiger partial charge in [-0.2, -0.15) is 5.10 Å². The second-order valence-corrected chi connectivity index (χ2v) is 7.69. The summed E-state index contributed by atoms with van der Waals surface area (Å²) in [6.07, 6.45) is 1.52. The molecular formula is C25H17ClN4O3. The van der Waals surface area contributed by atoms with Crippen LogP contribution in [0.15, 0.2) is 89.9 Å². The summed E-state index contributed by atoms with van der Waals surface area (Å²) in [5.74, 6) is -0.0360. The van der Waals surface area contributed by atoms with E-state index in [2.05, 4.69) is 5.10 Å². The van der Waals surface area contributed by atoms with Crippen molar-refractivity contribution in [3.63, 3.8) is 0 Å². The molecule has 162 valence electrons. The molecule has 0 atom stereocenters. The molecule has 0 aliphatic rings. The van der Waals surface area contributed by atoms with Crippen LogP contribution in [0.5, 0.6) is 0 Å². The lowest BCUT2D eigenvalue weighted by Gasteiger charge is -2.14. The normalized spacial score (nSPS) is 11.0. The summed E-state index contributed by atoms with van der Waals surface area (Å²) < 4.78 is 7.93. The fraction of sp³-hybridized carbons (Fsp3) is 0.0400. The van der Waals surface area contributed by atoms with Gasteiger partial charge in [0.15, 0.2) is 5.65 Å². The van der Waals surface area contributed by atoms with E-state index in [1.807, 2.05) is 30.3 Å². The molecule has 0 fully saturated rings. The van der Waals surface area contributed by atoms with Gasteiger partial charge < -0.3 is 4.74 Å². The molecule has 5 rings (SSSR count). The average Bonchev–Trinajstić information content (AvgIpc) is 3.29. The van der Waals surface area contributed by atoms with Crippen LogP contribution in [0.1, 0.15) is 10.4 Å². The molecule has 0 amide bonds. The van der Waals surface area contributed by atoms with Crippen molar-refractivity contribution in [1.82, 2.24) is 19.3 Å². The van der Waals surface area contributed by atoms with Gasteiger partial charge >= 0.3 is 5.97 Å². The monoisotopic (exact) mass is 456 g/mol. The molecule has 5 aromatic rings. The van der Waals surface area contributed by atoms with Gasteiger partial charge in [0.05, 0.1) is 30.2 Å². The van der Waals surface area contributed by atoms with Crippen molar-refractivity contribution in [2.24, 2.45) is 0 Å². The fourth-order valence-corrected chi connectivity index (χ4v) is 3.75. The SMILES string of the molecule is COC(=O)c1ccc(-c2nc3c(cnn3-c3ccccc3)c(=O)n2-c2ccc(Cl)cc2)cc1. The first-order chi connectivity index (χ1) is 16.1. The standard InChI is InChI=1S/C25H17ClN4O3/c1-33-25(32)17-9-7-16(8-10-17)22-28-23-21(15-27-30(23)20-5-3-2-4-6-20)24(31)29(22)19-13-11-18(26)12-14-19/h2-15H,1H3. The van der Waals surface area contributed by atoms with E-state index in [9.17, 15) is 9.59 Å². The van der Waals surface area contributed by atoms with Crippen LogP contribution in [0.3, 0.4) is 0 Å². The summed E-state index contributed by atoms with van der Waals surface area (Å²) in [6, 6.07) is 23.2. The van der Waals surface area contributed by atoms with Crippen molar-refractivity contribution >= 4 is 28.6 Å². The molecule has 7 nitrogen and oxygen atoms in total. The van der Waals surface area contributed by atoms with Gasteiger partial charge in [-0.15, -0.1) is 0 Å². The maximum atomic E-state index is 13.6. The summed E-state index contributed by atoms with van der Waals surface area (Å²) in [5.41, 5.74) is 2.61. The number of halogens is 1. The fourth-order valence-electron chi connectivity index (χ4n) is 3.62. The third-order valence-electron chi connectivity index (χ3n) is 5.25. The Morgan fingerprint density at radius 2 is 1.61 bits per heavy atom. The van der Waals surface area contributed by atoms with E-state index in [4.69, 9.17) is 21.3 Å². The molecule has 0 saturated carbocycles. The topological polar surface area (TPSA) is 79.0 Å². The minimum Gasteiger partial charge on any atom is -0.465 e. The Bertz CT molecular complexity index is 1520. The third-order valence-corrected chi connectivity index (χ3v) is 5.50. The Balaban J connectivity index is 1.79. The van der Waals surface area contributed by atoms with Crippen LogP contribution in [0.25, 0.3) is 33.8 Å². The van der Waals surface area contributed by atoms with Gasteiger partial charge in [-0.3, -0.25) is 9.36 Å². The summed E-state index contributed by atoms with van der Waals surface area (Å²) >= 11 is 6.06. The molecule has 0 N–H and O–H groups in total. The Kier molecular flexibility index (Phi) is 5.24. The average molecular weight is 457 g/mol. The molecule has 0 aliphatic carbocycles. The van der Waals surface area contributed by atoms with Crippen molar-refractivity contribution in [1.29, 1.82) is 0 Å². The number of hydrogen-bond donors (Lipinski definition) is 0. The summed E-state index contributed by atoms with van der Waals surface area (Å²) in [4.78, 5) is 30.3. The van der Waals surface area contributed by atoms with Crippen molar-refractivity contribution < 1.29 is 9.53 Å². The molecule has 0 saturated heterocycles. The molecule has 0 bridgehead atoms. The molecule has 0 spiro atoms. The number of aromatic nitrogens is 4. The maximum Gasteiger partial charge on any atom is 0.337 e. The number of rotatable bonds is 4. The quantitative estimate of drug-likeness (QED) is 0.367. The van der Waals surface area contributed by atoms with E-state index in [-0.39, 0.29) is 5.56 Å². The molecule has 33 heavy (non-hydrogen) atoms. The van der Waals surface area contributed by atoms with Crippen LogP contribution in [0.2, 0.25) is 5.02 Å². The second-order valence-electron chi connectivity index (χ2n) is 7.25. The number of para-hydroxylation sites is 1. The maximum absolute atomic E-state index is 13.6. The first-order valence-corrected chi connectivity index (χ1v) is 10.5. The summed E-state index contributed by atoms with van der Waals surface area (Å²) in [7, 11) is 1.33. The van der Waals surface area contributed by atoms with E-state index in [0.717, 1.165) is 5.69 Å². The highest BCUT2D eigenvalue weighted by Crippen LogP contribution is 2.25. The second kappa shape index (κ2) is 8.37. The zero-order valence-electron chi connectivity index (χ0n) is 17.5. The lowest BCUT2D eigenvalue weighted by molar-refractivity contribution is 0.0600. The smallest absolute Gasteiger partial charge is 0.337 e. The van der Waals surface area contributed by atoms with Crippen LogP contribution in [-0.4, -0.2) is 32.4 Å². The van der Waals surface area contributed by atoms with Crippen LogP contribution in [0, 0.1) is 0 Å². The Morgan fingerprint density at radius 3 is 2.27 bits per heavy atom. The predicted molar refractivity (Wildman–Crippen MR) is 126 cm³/mol. The van der Waals surface area contributed by atoms with Crippen molar-refractivity contribution in [2.45, 2.75) is 0 Å². The minimum absolute atomic E-state index is 0.267. The molecule has 0 aliphatic heterocycles. The zero-order chi connectivity index (χ0) is 22.9. The van der Waals surface area contributed by atoms with Gasteiger partial charge in [0.2, 0.25) is 0 Å². The molecule has 2 heterocycles. The van der Waals surface area contributed by atoms with Crippen molar-refractivity contribution in [3.05, 3.63) is 106 Å². The minimum atomic E-state index is -0.442. The van der Waals surface area contributed by atoms with Crippen LogP contribution >= 0.6 is 11.6 Å². The van der Waals surface area contributed by atoms with Crippen LogP contribution in [0.4, 0.5) is 0 Å². The summed E-state index contributed by atoms with van der Waals surface area (Å²) in [5, 5.41) is 5.35. The number of methoxy groups -OCH3 is 1. The molecule has 3 aromatic carbocycles. The zero-order valence-corrected chi connectivity index (χ0v) is 18.2. The number of carbonyl (C=O) groups is 1. The van der Waals surface area contributed by atoms with E-state index in [0.29, 0.717) is 38.7 Å². The van der Waals surface area contributed by atoms with Gasteiger partial charge in [-0.1, -0.05) is 41.9 Å². The van der Waals surface area contributed by atoms with Crippen LogP contribution in [-0.2, 0) is 4.74 Å². The van der Waals surface area contributed by atoms with Gasteiger partial charge in [0.1, 0.15) is 11.2 Å². The van der Waals surface area contributed by atoms with Gasteiger partial charge in [0.25, 0.3) is 5.56 Å². The highest BCUT2D eigenvalue weighted by atomic mass is 35.5. The van der Waals surface area contributed by atoms with Crippen molar-refractivity contribution in [2.75, 3.05) is 7.11 Å². The van der Waals surface area contributed by atoms with Crippen LogP contribution < -0.4 is 5.56 Å². The Morgan fingerprint density at radius 1 is 0.909 bits per heavy atom. The van der Waals surface area contributed by atoms with Crippen molar-refractivity contribution in [3.8, 4) is 22.8 Å². The third kappa shape index (κ3) is 3.68. The highest BCUT2D eigenvalue weighted by molar-refractivity contribution is 6.30. The largest absolute Gasteiger partial charge is 0.465 e. The summed E-state index contributed by atoms with van der Waals surface area (Å²) in [6.45, 7) is 0. The number of nitrogens with zero attached hydrogens (tertiary/aromatic N) is 4. The number of esters is 1. The van der Waals surface area contributed by atoms with E-state index in [1.54, 1.807) is 53.2 Å². The predicted octanol–water partition coefficient (Wildman–Crippen LogP) is 4.68. The first kappa shape index (κ1) is 20.7. The number of ether oxygens (including phenoxy) is 1. The number of benzene rings is 3. The molecular weight excluding hydrogens is 440 g/mol.